The number of nitrogens with one attached hydrogen (secondary N) is 1. The standard InChI is InChI=1S/C18H33N3/c1-13(2)9-10-18-20-15(5)17(16(6)21-18)8-7-11-19-12-14(3)4/h13-14,19H,7-12H2,1-6H3. The Morgan fingerprint density at radius 3 is 2.05 bits per heavy atom. The van der Waals surface area contributed by atoms with Gasteiger partial charge in [-0.05, 0) is 63.6 Å². The molecule has 0 aliphatic rings. The molecule has 0 fully saturated rings. The first-order chi connectivity index (χ1) is 9.90. The summed E-state index contributed by atoms with van der Waals surface area (Å²) in [7, 11) is 0. The Morgan fingerprint density at radius 2 is 1.52 bits per heavy atom. The van der Waals surface area contributed by atoms with Crippen molar-refractivity contribution in [1.29, 1.82) is 0 Å². The van der Waals surface area contributed by atoms with Crippen LogP contribution in [0.1, 0.15) is 63.3 Å². The summed E-state index contributed by atoms with van der Waals surface area (Å²) in [5, 5.41) is 3.50. The zero-order chi connectivity index (χ0) is 15.8. The fraction of sp³-hybridized carbons (Fsp3) is 0.778. The van der Waals surface area contributed by atoms with Crippen LogP contribution in [0.2, 0.25) is 0 Å². The second-order valence-electron chi connectivity index (χ2n) is 6.92. The molecule has 1 heterocycles. The number of hydrogen-bond donors (Lipinski definition) is 1. The van der Waals surface area contributed by atoms with E-state index in [9.17, 15) is 0 Å². The number of aryl methyl sites for hydroxylation is 3. The van der Waals surface area contributed by atoms with Gasteiger partial charge in [0.05, 0.1) is 0 Å². The first-order valence-electron chi connectivity index (χ1n) is 8.43. The minimum Gasteiger partial charge on any atom is -0.316 e. The van der Waals surface area contributed by atoms with Crippen molar-refractivity contribution in [1.82, 2.24) is 15.3 Å². The Balaban J connectivity index is 2.51. The molecule has 0 atom stereocenters. The van der Waals surface area contributed by atoms with E-state index in [2.05, 4.69) is 46.9 Å². The fourth-order valence-electron chi connectivity index (χ4n) is 2.48. The molecule has 120 valence electrons. The van der Waals surface area contributed by atoms with Gasteiger partial charge in [0, 0.05) is 17.8 Å². The Morgan fingerprint density at radius 1 is 0.905 bits per heavy atom. The van der Waals surface area contributed by atoms with Crippen molar-refractivity contribution in [3.8, 4) is 0 Å². The van der Waals surface area contributed by atoms with E-state index in [0.29, 0.717) is 5.92 Å². The number of nitrogens with zero attached hydrogens (tertiary/aromatic N) is 2. The van der Waals surface area contributed by atoms with Crippen LogP contribution in [0.25, 0.3) is 0 Å². The molecular weight excluding hydrogens is 258 g/mol. The molecular formula is C18H33N3. The van der Waals surface area contributed by atoms with E-state index in [4.69, 9.17) is 9.97 Å². The van der Waals surface area contributed by atoms with Crippen molar-refractivity contribution in [2.75, 3.05) is 13.1 Å². The normalized spacial score (nSPS) is 11.6. The number of rotatable bonds is 9. The van der Waals surface area contributed by atoms with E-state index in [0.717, 1.165) is 50.5 Å². The van der Waals surface area contributed by atoms with Crippen LogP contribution in [0, 0.1) is 25.7 Å². The molecule has 0 radical (unpaired) electrons. The summed E-state index contributed by atoms with van der Waals surface area (Å²) < 4.78 is 0. The Hall–Kier alpha value is -0.960. The van der Waals surface area contributed by atoms with E-state index in [-0.39, 0.29) is 0 Å². The van der Waals surface area contributed by atoms with Gasteiger partial charge < -0.3 is 5.32 Å². The van der Waals surface area contributed by atoms with E-state index in [1.807, 2.05) is 0 Å². The molecule has 0 amide bonds. The molecule has 3 heteroatoms. The second-order valence-corrected chi connectivity index (χ2v) is 6.92. The van der Waals surface area contributed by atoms with Crippen molar-refractivity contribution in [2.45, 2.75) is 67.2 Å². The van der Waals surface area contributed by atoms with Crippen molar-refractivity contribution >= 4 is 0 Å². The molecule has 0 aliphatic carbocycles. The van der Waals surface area contributed by atoms with E-state index >= 15 is 0 Å². The van der Waals surface area contributed by atoms with Crippen molar-refractivity contribution in [3.63, 3.8) is 0 Å². The molecule has 0 saturated carbocycles. The largest absolute Gasteiger partial charge is 0.316 e. The Kier molecular flexibility index (Phi) is 7.87. The maximum absolute atomic E-state index is 4.70. The summed E-state index contributed by atoms with van der Waals surface area (Å²) in [6.45, 7) is 15.4. The van der Waals surface area contributed by atoms with Crippen molar-refractivity contribution in [3.05, 3.63) is 22.8 Å². The van der Waals surface area contributed by atoms with Crippen LogP contribution in [0.5, 0.6) is 0 Å². The highest BCUT2D eigenvalue weighted by atomic mass is 14.9. The third kappa shape index (κ3) is 7.03. The van der Waals surface area contributed by atoms with Gasteiger partial charge >= 0.3 is 0 Å². The molecule has 0 bridgehead atoms. The number of aromatic nitrogens is 2. The minimum absolute atomic E-state index is 0.709. The quantitative estimate of drug-likeness (QED) is 0.702. The lowest BCUT2D eigenvalue weighted by molar-refractivity contribution is 0.541. The molecule has 0 saturated heterocycles. The van der Waals surface area contributed by atoms with Crippen LogP contribution in [-0.4, -0.2) is 23.1 Å². The molecule has 0 spiro atoms. The fourth-order valence-corrected chi connectivity index (χ4v) is 2.48. The van der Waals surface area contributed by atoms with Gasteiger partial charge in [-0.15, -0.1) is 0 Å². The molecule has 3 nitrogen and oxygen atoms in total. The molecule has 1 rings (SSSR count). The van der Waals surface area contributed by atoms with Crippen LogP contribution in [-0.2, 0) is 12.8 Å². The SMILES string of the molecule is Cc1nc(CCC(C)C)nc(C)c1CCCNCC(C)C. The molecule has 0 unspecified atom stereocenters. The highest BCUT2D eigenvalue weighted by molar-refractivity contribution is 5.24. The topological polar surface area (TPSA) is 37.8 Å². The van der Waals surface area contributed by atoms with E-state index < -0.39 is 0 Å². The van der Waals surface area contributed by atoms with Gasteiger partial charge in [-0.3, -0.25) is 0 Å². The van der Waals surface area contributed by atoms with Crippen molar-refractivity contribution in [2.24, 2.45) is 11.8 Å². The van der Waals surface area contributed by atoms with Crippen LogP contribution < -0.4 is 5.32 Å². The van der Waals surface area contributed by atoms with Gasteiger partial charge in [0.1, 0.15) is 5.82 Å². The lowest BCUT2D eigenvalue weighted by Gasteiger charge is -2.12. The van der Waals surface area contributed by atoms with Crippen molar-refractivity contribution < 1.29 is 0 Å². The van der Waals surface area contributed by atoms with Gasteiger partial charge in [0.25, 0.3) is 0 Å². The Labute approximate surface area is 131 Å². The maximum atomic E-state index is 4.70. The van der Waals surface area contributed by atoms with Gasteiger partial charge in [-0.1, -0.05) is 27.7 Å². The highest BCUT2D eigenvalue weighted by Gasteiger charge is 2.09. The lowest BCUT2D eigenvalue weighted by atomic mass is 10.0. The summed E-state index contributed by atoms with van der Waals surface area (Å²) in [5.74, 6) is 2.44. The summed E-state index contributed by atoms with van der Waals surface area (Å²) in [6.07, 6.45) is 4.39. The summed E-state index contributed by atoms with van der Waals surface area (Å²) >= 11 is 0. The molecule has 0 aromatic carbocycles. The van der Waals surface area contributed by atoms with E-state index in [1.165, 1.54) is 17.0 Å². The Bertz CT molecular complexity index is 401. The lowest BCUT2D eigenvalue weighted by Crippen LogP contribution is -2.21. The summed E-state index contributed by atoms with van der Waals surface area (Å²) in [6, 6.07) is 0. The average Bonchev–Trinajstić information content (AvgIpc) is 2.38. The van der Waals surface area contributed by atoms with Crippen LogP contribution in [0.3, 0.4) is 0 Å². The predicted molar refractivity (Wildman–Crippen MR) is 90.7 cm³/mol. The zero-order valence-corrected chi connectivity index (χ0v) is 14.8. The molecule has 21 heavy (non-hydrogen) atoms. The van der Waals surface area contributed by atoms with E-state index in [1.54, 1.807) is 0 Å². The van der Waals surface area contributed by atoms with Crippen LogP contribution >= 0.6 is 0 Å². The van der Waals surface area contributed by atoms with Gasteiger partial charge in [0.2, 0.25) is 0 Å². The first-order valence-corrected chi connectivity index (χ1v) is 8.43. The summed E-state index contributed by atoms with van der Waals surface area (Å²) in [4.78, 5) is 9.40. The van der Waals surface area contributed by atoms with Gasteiger partial charge in [0.15, 0.2) is 0 Å². The minimum atomic E-state index is 0.709. The third-order valence-corrected chi connectivity index (χ3v) is 3.75. The van der Waals surface area contributed by atoms with Gasteiger partial charge in [-0.25, -0.2) is 9.97 Å². The average molecular weight is 291 g/mol. The predicted octanol–water partition coefficient (Wildman–Crippen LogP) is 3.86. The first kappa shape index (κ1) is 18.1. The molecule has 0 aliphatic heterocycles. The van der Waals surface area contributed by atoms with Crippen LogP contribution in [0.15, 0.2) is 0 Å². The smallest absolute Gasteiger partial charge is 0.128 e. The number of hydrogen-bond acceptors (Lipinski definition) is 3. The zero-order valence-electron chi connectivity index (χ0n) is 14.8. The monoisotopic (exact) mass is 291 g/mol. The second kappa shape index (κ2) is 9.14. The molecule has 1 aromatic heterocycles. The van der Waals surface area contributed by atoms with Gasteiger partial charge in [-0.2, -0.15) is 0 Å². The molecule has 1 N–H and O–H groups in total. The molecule has 1 aromatic rings. The van der Waals surface area contributed by atoms with Crippen LogP contribution in [0.4, 0.5) is 0 Å². The maximum Gasteiger partial charge on any atom is 0.128 e. The summed E-state index contributed by atoms with van der Waals surface area (Å²) in [5.41, 5.74) is 3.69. The highest BCUT2D eigenvalue weighted by Crippen LogP contribution is 2.14. The third-order valence-electron chi connectivity index (χ3n) is 3.75.